The Labute approximate surface area is 720 Å². The molecule has 3 fully saturated rings. The van der Waals surface area contributed by atoms with Gasteiger partial charge in [-0.1, -0.05) is 54.6 Å². The number of rotatable bonds is 37. The minimum absolute atomic E-state index is 0.0267. The number of H-pyrrole nitrogens is 3. The molecule has 3 aliphatic heterocycles. The summed E-state index contributed by atoms with van der Waals surface area (Å²) in [6, 6.07) is 22.2. The summed E-state index contributed by atoms with van der Waals surface area (Å²) in [6.07, 6.45) is -15.5. The van der Waals surface area contributed by atoms with Crippen molar-refractivity contribution in [3.05, 3.63) is 159 Å². The highest BCUT2D eigenvalue weighted by molar-refractivity contribution is 7.52. The van der Waals surface area contributed by atoms with Gasteiger partial charge in [-0.2, -0.15) is 30.2 Å². The van der Waals surface area contributed by atoms with Crippen LogP contribution in [0.15, 0.2) is 142 Å². The Kier molecular flexibility index (Phi) is 27.6. The number of nitrogens with two attached hydrogens (primary N) is 1. The lowest BCUT2D eigenvalue weighted by Crippen LogP contribution is -2.51. The molecule has 0 saturated carbocycles. The number of aromatic nitrogens is 9. The van der Waals surface area contributed by atoms with Gasteiger partial charge in [0.25, 0.3) is 16.7 Å². The third-order valence-electron chi connectivity index (χ3n) is 20.3. The van der Waals surface area contributed by atoms with Gasteiger partial charge in [-0.25, -0.2) is 26.9 Å². The van der Waals surface area contributed by atoms with Crippen molar-refractivity contribution in [3.8, 4) is 17.2 Å². The fraction of sp³-hybridized carbons (Fsp3) is 0.487. The van der Waals surface area contributed by atoms with E-state index in [1.807, 2.05) is 0 Å². The molecule has 13 N–H and O–H groups in total. The fourth-order valence-electron chi connectivity index (χ4n) is 14.3. The van der Waals surface area contributed by atoms with Gasteiger partial charge in [-0.3, -0.25) is 57.3 Å². The lowest BCUT2D eigenvalue weighted by Gasteiger charge is -2.36. The lowest BCUT2D eigenvalue weighted by molar-refractivity contribution is -0.150. The average Bonchev–Trinajstić information content (AvgIpc) is 1.58. The molecule has 124 heavy (non-hydrogen) atoms. The number of nitrogen functional groups attached to an aromatic ring is 1. The molecule has 0 radical (unpaired) electrons. The van der Waals surface area contributed by atoms with Gasteiger partial charge in [0.1, 0.15) is 123 Å². The zero-order valence-electron chi connectivity index (χ0n) is 68.7. The molecule has 3 aliphatic rings. The molecule has 9 heterocycles. The number of esters is 3. The van der Waals surface area contributed by atoms with E-state index in [0.717, 1.165) is 9.13 Å². The van der Waals surface area contributed by atoms with Gasteiger partial charge in [0.2, 0.25) is 17.8 Å². The van der Waals surface area contributed by atoms with E-state index in [1.165, 1.54) is 166 Å². The third-order valence-corrected chi connectivity index (χ3v) is 27.4. The second-order valence-electron chi connectivity index (χ2n) is 31.7. The van der Waals surface area contributed by atoms with Crippen LogP contribution in [-0.4, -0.2) is 202 Å². The number of halogens is 6. The molecule has 3 saturated heterocycles. The van der Waals surface area contributed by atoms with Crippen LogP contribution in [0.1, 0.15) is 109 Å². The van der Waals surface area contributed by atoms with Crippen molar-refractivity contribution < 1.29 is 112 Å². The summed E-state index contributed by atoms with van der Waals surface area (Å²) in [6.45, 7) is 13.2. The van der Waals surface area contributed by atoms with Crippen LogP contribution in [0.25, 0.3) is 33.1 Å². The topological polar surface area (TPSA) is 512 Å². The molecule has 6 aromatic heterocycles. The first kappa shape index (κ1) is 94.1. The molecule has 48 heteroatoms. The number of aliphatic hydroxyl groups excluding tert-OH is 3. The largest absolute Gasteiger partial charge is 0.462 e. The number of hydrogen-bond donors (Lipinski definition) is 12. The summed E-state index contributed by atoms with van der Waals surface area (Å²) in [5.74, 6) is -4.12. The summed E-state index contributed by atoms with van der Waals surface area (Å²) in [5, 5.41) is 48.8. The van der Waals surface area contributed by atoms with Crippen molar-refractivity contribution in [2.24, 2.45) is 0 Å². The van der Waals surface area contributed by atoms with Gasteiger partial charge in [-0.05, 0) is 145 Å². The zero-order valence-corrected chi connectivity index (χ0v) is 73.6. The van der Waals surface area contributed by atoms with Gasteiger partial charge in [0, 0.05) is 18.6 Å². The van der Waals surface area contributed by atoms with Crippen LogP contribution < -0.4 is 61.9 Å². The SMILES string of the molecule is CC(C)OC(=O)[C@H](C)NP(=O)(Oc1ccccc1)OC(C)(C)[C@H]1O[C@@H](n2ccc3c(=O)[nH]c(NC(C)OC(=O)[C@H](C)N[P@@](=O)(Oc4ccccc4)OC(C)(C)[C@H]4O[C@@H](n5ccc6c(=O)[nH]c(NC(C)OC(=O)[C@H](C)N[P@](=O)(Oc7ccccc7)OC(C)(C)[C@H]7O[C@@H](n8ccc9c(=O)[nH]c(N)nc98)[C@@](Cl)(CF)C7O)nc65)[C@@](Cl)(CF)C4O)nc32)[C@@](Cl)(CF)C1O. The highest BCUT2D eigenvalue weighted by Crippen LogP contribution is 2.59. The predicted octanol–water partition coefficient (Wildman–Crippen LogP) is 9.83. The standard InChI is InChI=1S/C76H94Cl3F3N15O24P3/c1-38(2)110-62(104)39(3)92-122(107,116-44-23-17-14-18-24-44)119-72(10,11)54-51(99)75(78,36-81)66(114-54)96-33-30-48-57(96)87-69(90-60(48)102)85-43(7)112-64(106)41(5)94-124(109,118-46-27-21-16-22-28-46)121-73(12,13)55-52(100)76(79,37-82)67(115-55)97-34-31-49-58(97)88-70(91-61(49)103)84-42(6)111-63(105)40(4)93-123(108,117-45-25-19-15-20-26-45)120-71(8,9)53-50(98)74(77,35-80)65(113-53)95-32-29-47-56(95)86-68(83)89-59(47)101/h14-34,38-43,50-55,65-67,98-100H,35-37H2,1-13H3,(H,92,107)(H,93,108)(H,94,109)(H3,83,86,89,101)(H2,84,88,91,103)(H2,85,87,90,102)/t39-,40-,41-,42?,43?,50?,51?,52?,53-,54-,55-,65+,66+,67+,74+,75+,76+,122?,123-,124+/m0/s1. The first-order chi connectivity index (χ1) is 58.1. The number of fused-ring (bicyclic) bond motifs is 3. The molecule has 39 nitrogen and oxygen atoms in total. The van der Waals surface area contributed by atoms with Crippen LogP contribution in [0.3, 0.4) is 0 Å². The summed E-state index contributed by atoms with van der Waals surface area (Å²) in [4.78, 5) is 95.2. The van der Waals surface area contributed by atoms with Crippen LogP contribution in [0.2, 0.25) is 0 Å². The van der Waals surface area contributed by atoms with Gasteiger partial charge in [0.15, 0.2) is 48.1 Å². The number of aromatic amines is 3. The highest BCUT2D eigenvalue weighted by atomic mass is 35.5. The van der Waals surface area contributed by atoms with E-state index in [4.69, 9.17) is 96.1 Å². The van der Waals surface area contributed by atoms with Crippen molar-refractivity contribution in [3.63, 3.8) is 0 Å². The van der Waals surface area contributed by atoms with Crippen LogP contribution in [0.5, 0.6) is 17.2 Å². The zero-order chi connectivity index (χ0) is 90.5. The number of aliphatic hydroxyl groups is 3. The van der Waals surface area contributed by atoms with Crippen LogP contribution in [0, 0.1) is 0 Å². The molecular formula is C76H94Cl3F3N15O24P3. The number of carbonyl (C=O) groups excluding carboxylic acids is 3. The smallest absolute Gasteiger partial charge is 0.460 e. The number of hydrogen-bond acceptors (Lipinski definition) is 30. The van der Waals surface area contributed by atoms with Crippen LogP contribution in [0.4, 0.5) is 31.0 Å². The Morgan fingerprint density at radius 2 is 0.750 bits per heavy atom. The summed E-state index contributed by atoms with van der Waals surface area (Å²) < 4.78 is 167. The van der Waals surface area contributed by atoms with Gasteiger partial charge < -0.3 is 87.4 Å². The van der Waals surface area contributed by atoms with Crippen molar-refractivity contribution >= 4 is 127 Å². The third kappa shape index (κ3) is 19.6. The van der Waals surface area contributed by atoms with E-state index in [-0.39, 0.29) is 68.2 Å². The summed E-state index contributed by atoms with van der Waals surface area (Å²) >= 11 is 20.9. The van der Waals surface area contributed by atoms with E-state index < -0.39 is 201 Å². The number of alkyl halides is 6. The molecule has 0 amide bonds. The molecule has 674 valence electrons. The Balaban J connectivity index is 0.714. The maximum Gasteiger partial charge on any atom is 0.460 e. The summed E-state index contributed by atoms with van der Waals surface area (Å²) in [7, 11) is -14.6. The predicted molar refractivity (Wildman–Crippen MR) is 446 cm³/mol. The molecule has 0 aliphatic carbocycles. The van der Waals surface area contributed by atoms with Crippen LogP contribution in [-0.2, 0) is 70.1 Å². The van der Waals surface area contributed by atoms with Crippen molar-refractivity contribution in [2.45, 2.75) is 213 Å². The molecule has 12 rings (SSSR count). The van der Waals surface area contributed by atoms with Gasteiger partial charge in [0.05, 0.1) is 22.3 Å². The van der Waals surface area contributed by atoms with Crippen molar-refractivity contribution in [2.75, 3.05) is 36.4 Å². The summed E-state index contributed by atoms with van der Waals surface area (Å²) in [5.41, 5.74) is -2.84. The number of nitrogens with zero attached hydrogens (tertiary/aromatic N) is 6. The van der Waals surface area contributed by atoms with Crippen molar-refractivity contribution in [1.82, 2.24) is 58.9 Å². The Morgan fingerprint density at radius 3 is 1.03 bits per heavy atom. The molecular weight excluding hydrogens is 1760 g/mol. The number of anilines is 3. The van der Waals surface area contributed by atoms with E-state index >= 15 is 22.3 Å². The molecule has 9 aromatic rings. The molecule has 0 bridgehead atoms. The first-order valence-corrected chi connectivity index (χ1v) is 44.4. The van der Waals surface area contributed by atoms with E-state index in [0.29, 0.717) is 0 Å². The first-order valence-electron chi connectivity index (χ1n) is 38.6. The second kappa shape index (κ2) is 36.4. The number of nitrogens with one attached hydrogen (secondary N) is 8. The second-order valence-corrected chi connectivity index (χ2v) is 38.6. The quantitative estimate of drug-likeness (QED) is 0.00566. The monoisotopic (exact) mass is 1860 g/mol. The van der Waals surface area contributed by atoms with Crippen LogP contribution >= 0.6 is 58.0 Å². The van der Waals surface area contributed by atoms with E-state index in [9.17, 15) is 48.7 Å². The average molecular weight is 1860 g/mol. The maximum atomic E-state index is 15.9. The molecule has 20 atom stereocenters. The molecule has 6 unspecified atom stereocenters. The minimum Gasteiger partial charge on any atom is -0.462 e. The Hall–Kier alpha value is -9.00. The van der Waals surface area contributed by atoms with Crippen molar-refractivity contribution in [1.29, 1.82) is 0 Å². The lowest BCUT2D eigenvalue weighted by atomic mass is 9.91. The number of benzene rings is 3. The Bertz CT molecular complexity index is 5730. The fourth-order valence-corrected chi connectivity index (χ4v) is 20.7. The normalized spacial score (nSPS) is 25.8. The van der Waals surface area contributed by atoms with Gasteiger partial charge in [-0.15, -0.1) is 34.8 Å². The minimum atomic E-state index is -5.01. The maximum absolute atomic E-state index is 15.9. The van der Waals surface area contributed by atoms with Gasteiger partial charge >= 0.3 is 41.1 Å². The van der Waals surface area contributed by atoms with E-state index in [2.05, 4.69) is 55.8 Å². The van der Waals surface area contributed by atoms with E-state index in [1.54, 1.807) is 56.3 Å². The molecule has 3 aromatic carbocycles. The number of carbonyl (C=O) groups is 3. The highest BCUT2D eigenvalue weighted by Gasteiger charge is 2.66. The number of ether oxygens (including phenoxy) is 6. The number of para-hydroxylation sites is 3. The Morgan fingerprint density at radius 1 is 0.476 bits per heavy atom. The molecule has 0 spiro atoms.